The minimum absolute atomic E-state index is 0.263. The molecule has 3 nitrogen and oxygen atoms in total. The maximum Gasteiger partial charge on any atom is 0.116 e. The number of ether oxygens (including phenoxy) is 2. The van der Waals surface area contributed by atoms with Gasteiger partial charge in [0.2, 0.25) is 0 Å². The van der Waals surface area contributed by atoms with Gasteiger partial charge in [-0.15, -0.1) is 0 Å². The summed E-state index contributed by atoms with van der Waals surface area (Å²) in [4.78, 5) is 0. The van der Waals surface area contributed by atoms with E-state index in [2.05, 4.69) is 24.4 Å². The Hall–Kier alpha value is -0.800. The fourth-order valence-electron chi connectivity index (χ4n) is 1.51. The van der Waals surface area contributed by atoms with E-state index in [1.807, 2.05) is 0 Å². The van der Waals surface area contributed by atoms with Crippen LogP contribution < -0.4 is 5.32 Å². The average Bonchev–Trinajstić information content (AvgIpc) is 2.26. The largest absolute Gasteiger partial charge is 0.494 e. The second-order valence-electron chi connectivity index (χ2n) is 3.81. The molecule has 0 saturated heterocycles. The van der Waals surface area contributed by atoms with Crippen LogP contribution in [0.3, 0.4) is 0 Å². The minimum Gasteiger partial charge on any atom is -0.494 e. The van der Waals surface area contributed by atoms with Gasteiger partial charge in [-0.2, -0.15) is 0 Å². The van der Waals surface area contributed by atoms with E-state index in [1.54, 1.807) is 13.4 Å². The lowest BCUT2D eigenvalue weighted by Crippen LogP contribution is -2.22. The Labute approximate surface area is 92.1 Å². The molecule has 3 heteroatoms. The first-order chi connectivity index (χ1) is 7.33. The highest BCUT2D eigenvalue weighted by molar-refractivity contribution is 5.06. The fraction of sp³-hybridized carbons (Fsp3) is 0.667. The van der Waals surface area contributed by atoms with E-state index in [1.165, 1.54) is 5.57 Å². The number of nitrogens with one attached hydrogen (secondary N) is 1. The topological polar surface area (TPSA) is 30.5 Å². The smallest absolute Gasteiger partial charge is 0.116 e. The Kier molecular flexibility index (Phi) is 6.12. The van der Waals surface area contributed by atoms with Crippen molar-refractivity contribution in [3.05, 3.63) is 24.0 Å². The van der Waals surface area contributed by atoms with Crippen LogP contribution in [-0.2, 0) is 9.47 Å². The minimum atomic E-state index is 0.263. The normalized spacial score (nSPS) is 21.5. The number of methoxy groups -OCH3 is 1. The van der Waals surface area contributed by atoms with Crippen molar-refractivity contribution in [1.82, 2.24) is 5.32 Å². The standard InChI is InChI=1S/C12H21NO2/c1-11(10-13-6-8-14-2)9-12-5-3-4-7-15-12/h4,7,9,12-13H,3,5-6,8,10H2,1-2H3. The van der Waals surface area contributed by atoms with Gasteiger partial charge in [-0.05, 0) is 31.9 Å². The van der Waals surface area contributed by atoms with Crippen molar-refractivity contribution in [1.29, 1.82) is 0 Å². The molecule has 0 aromatic carbocycles. The fourth-order valence-corrected chi connectivity index (χ4v) is 1.51. The highest BCUT2D eigenvalue weighted by atomic mass is 16.5. The molecule has 0 fully saturated rings. The zero-order chi connectivity index (χ0) is 10.9. The Morgan fingerprint density at radius 2 is 2.53 bits per heavy atom. The first kappa shape index (κ1) is 12.3. The van der Waals surface area contributed by atoms with Crippen molar-refractivity contribution in [2.24, 2.45) is 0 Å². The lowest BCUT2D eigenvalue weighted by atomic mass is 10.1. The molecule has 1 N–H and O–H groups in total. The molecule has 0 radical (unpaired) electrons. The second kappa shape index (κ2) is 7.49. The number of allylic oxidation sites excluding steroid dienone is 1. The molecule has 0 spiro atoms. The predicted octanol–water partition coefficient (Wildman–Crippen LogP) is 1.86. The third-order valence-corrected chi connectivity index (χ3v) is 2.32. The van der Waals surface area contributed by atoms with Gasteiger partial charge in [0.1, 0.15) is 6.10 Å². The second-order valence-corrected chi connectivity index (χ2v) is 3.81. The number of hydrogen-bond donors (Lipinski definition) is 1. The molecule has 0 aliphatic carbocycles. The van der Waals surface area contributed by atoms with Crippen molar-refractivity contribution in [3.63, 3.8) is 0 Å². The van der Waals surface area contributed by atoms with Crippen LogP contribution in [0, 0.1) is 0 Å². The molecule has 1 atom stereocenters. The lowest BCUT2D eigenvalue weighted by Gasteiger charge is -2.16. The summed E-state index contributed by atoms with van der Waals surface area (Å²) in [5.74, 6) is 0. The van der Waals surface area contributed by atoms with Gasteiger partial charge in [0.05, 0.1) is 12.9 Å². The summed E-state index contributed by atoms with van der Waals surface area (Å²) in [6, 6.07) is 0. The van der Waals surface area contributed by atoms with Gasteiger partial charge >= 0.3 is 0 Å². The average molecular weight is 211 g/mol. The number of hydrogen-bond acceptors (Lipinski definition) is 3. The van der Waals surface area contributed by atoms with Crippen LogP contribution in [0.15, 0.2) is 24.0 Å². The van der Waals surface area contributed by atoms with Gasteiger partial charge < -0.3 is 14.8 Å². The molecule has 1 aliphatic heterocycles. The summed E-state index contributed by atoms with van der Waals surface area (Å²) in [5.41, 5.74) is 1.33. The highest BCUT2D eigenvalue weighted by Gasteiger charge is 2.07. The highest BCUT2D eigenvalue weighted by Crippen LogP contribution is 2.12. The molecule has 1 aliphatic rings. The summed E-state index contributed by atoms with van der Waals surface area (Å²) in [6.45, 7) is 4.69. The van der Waals surface area contributed by atoms with Gasteiger partial charge in [-0.25, -0.2) is 0 Å². The van der Waals surface area contributed by atoms with Crippen molar-refractivity contribution < 1.29 is 9.47 Å². The van der Waals surface area contributed by atoms with Crippen LogP contribution in [-0.4, -0.2) is 32.9 Å². The van der Waals surface area contributed by atoms with Crippen LogP contribution >= 0.6 is 0 Å². The summed E-state index contributed by atoms with van der Waals surface area (Å²) in [6.07, 6.45) is 8.53. The van der Waals surface area contributed by atoms with Crippen molar-refractivity contribution >= 4 is 0 Å². The van der Waals surface area contributed by atoms with Crippen LogP contribution in [0.25, 0.3) is 0 Å². The maximum absolute atomic E-state index is 5.47. The monoisotopic (exact) mass is 211 g/mol. The Bertz CT molecular complexity index is 224. The first-order valence-electron chi connectivity index (χ1n) is 5.50. The van der Waals surface area contributed by atoms with Gasteiger partial charge in [0.25, 0.3) is 0 Å². The summed E-state index contributed by atoms with van der Waals surface area (Å²) in [5, 5.41) is 3.31. The predicted molar refractivity (Wildman–Crippen MR) is 61.7 cm³/mol. The van der Waals surface area contributed by atoms with Gasteiger partial charge in [0, 0.05) is 20.2 Å². The summed E-state index contributed by atoms with van der Waals surface area (Å²) >= 11 is 0. The molecular weight excluding hydrogens is 190 g/mol. The van der Waals surface area contributed by atoms with Crippen molar-refractivity contribution in [3.8, 4) is 0 Å². The van der Waals surface area contributed by atoms with E-state index < -0.39 is 0 Å². The molecule has 1 rings (SSSR count). The van der Waals surface area contributed by atoms with E-state index in [4.69, 9.17) is 9.47 Å². The van der Waals surface area contributed by atoms with E-state index in [0.717, 1.165) is 32.5 Å². The Morgan fingerprint density at radius 3 is 3.20 bits per heavy atom. The van der Waals surface area contributed by atoms with Gasteiger partial charge in [-0.3, -0.25) is 0 Å². The molecule has 1 heterocycles. The molecule has 0 aromatic rings. The molecule has 0 bridgehead atoms. The molecule has 86 valence electrons. The molecule has 0 amide bonds. The van der Waals surface area contributed by atoms with Gasteiger partial charge in [-0.1, -0.05) is 5.57 Å². The van der Waals surface area contributed by atoms with E-state index in [9.17, 15) is 0 Å². The molecule has 15 heavy (non-hydrogen) atoms. The molecule has 0 saturated carbocycles. The Balaban J connectivity index is 2.17. The summed E-state index contributed by atoms with van der Waals surface area (Å²) in [7, 11) is 1.71. The molecular formula is C12H21NO2. The van der Waals surface area contributed by atoms with Crippen LogP contribution in [0.4, 0.5) is 0 Å². The SMILES string of the molecule is COCCNCC(C)=CC1CCC=CO1. The van der Waals surface area contributed by atoms with Gasteiger partial charge in [0.15, 0.2) is 0 Å². The summed E-state index contributed by atoms with van der Waals surface area (Å²) < 4.78 is 10.4. The van der Waals surface area contributed by atoms with Crippen LogP contribution in [0.2, 0.25) is 0 Å². The van der Waals surface area contributed by atoms with Crippen molar-refractivity contribution in [2.45, 2.75) is 25.9 Å². The zero-order valence-electron chi connectivity index (χ0n) is 9.66. The van der Waals surface area contributed by atoms with Crippen LogP contribution in [0.5, 0.6) is 0 Å². The Morgan fingerprint density at radius 1 is 1.67 bits per heavy atom. The maximum atomic E-state index is 5.47. The lowest BCUT2D eigenvalue weighted by molar-refractivity contribution is 0.164. The van der Waals surface area contributed by atoms with E-state index in [-0.39, 0.29) is 6.10 Å². The van der Waals surface area contributed by atoms with Crippen molar-refractivity contribution in [2.75, 3.05) is 26.8 Å². The quantitative estimate of drug-likeness (QED) is 0.537. The third-order valence-electron chi connectivity index (χ3n) is 2.32. The number of rotatable bonds is 6. The third kappa shape index (κ3) is 5.60. The molecule has 0 aromatic heterocycles. The molecule has 1 unspecified atom stereocenters. The van der Waals surface area contributed by atoms with E-state index >= 15 is 0 Å². The zero-order valence-corrected chi connectivity index (χ0v) is 9.66. The van der Waals surface area contributed by atoms with Crippen LogP contribution in [0.1, 0.15) is 19.8 Å². The first-order valence-corrected chi connectivity index (χ1v) is 5.50. The van der Waals surface area contributed by atoms with E-state index in [0.29, 0.717) is 0 Å².